The largest absolute Gasteiger partial charge is 1.00 e. The van der Waals surface area contributed by atoms with Crippen molar-refractivity contribution in [1.29, 1.82) is 0 Å². The number of aromatic nitrogens is 1. The minimum Gasteiger partial charge on any atom is 1.00 e. The summed E-state index contributed by atoms with van der Waals surface area (Å²) in [5, 5.41) is 0. The molecule has 0 unspecified atom stereocenters. The van der Waals surface area contributed by atoms with Crippen LogP contribution in [0.4, 0.5) is 25.2 Å². The van der Waals surface area contributed by atoms with Gasteiger partial charge in [0, 0.05) is 18.3 Å². The predicted octanol–water partition coefficient (Wildman–Crippen LogP) is 5.31. The Kier molecular flexibility index (Phi) is 3.77. The third-order valence-corrected chi connectivity index (χ3v) is 1.08. The topological polar surface area (TPSA) is 12.9 Å². The maximum atomic E-state index is 9.87. The maximum absolute atomic E-state index is 10.7. The van der Waals surface area contributed by atoms with Gasteiger partial charge in [-0.15, -0.1) is 6.58 Å². The Labute approximate surface area is 89.5 Å². The van der Waals surface area contributed by atoms with E-state index in [1.165, 1.54) is 0 Å². The van der Waals surface area contributed by atoms with E-state index in [-0.39, 0.29) is 1.43 Å². The Morgan fingerprint density at radius 3 is 2.00 bits per heavy atom. The van der Waals surface area contributed by atoms with Gasteiger partial charge in [0.1, 0.15) is 0 Å². The number of hydrogen-bond donors (Lipinski definition) is 0. The molecule has 0 aliphatic carbocycles. The molecule has 0 aliphatic rings. The van der Waals surface area contributed by atoms with Crippen molar-refractivity contribution in [2.75, 3.05) is 0 Å². The fourth-order valence-electron chi connectivity index (χ4n) is 0.667. The second kappa shape index (κ2) is 4.05. The average Bonchev–Trinajstić information content (AvgIpc) is 2.01. The summed E-state index contributed by atoms with van der Waals surface area (Å²) in [6.07, 6.45) is 4.50. The van der Waals surface area contributed by atoms with Gasteiger partial charge in [0.05, 0.1) is 0 Å². The molecule has 1 rings (SSSR count). The Hall–Kier alpha value is -1.10. The summed E-state index contributed by atoms with van der Waals surface area (Å²) in [6, 6.07) is 5.88. The molecule has 0 fully saturated rings. The molecule has 0 atom stereocenters. The Bertz CT molecular complexity index is 336. The predicted molar refractivity (Wildman–Crippen MR) is 52.8 cm³/mol. The van der Waals surface area contributed by atoms with Crippen LogP contribution in [0.5, 0.6) is 0 Å². The molecule has 0 saturated heterocycles. The first-order valence-corrected chi connectivity index (χ1v) is 5.98. The van der Waals surface area contributed by atoms with Crippen LogP contribution in [0.15, 0.2) is 37.1 Å². The minimum absolute atomic E-state index is 0. The van der Waals surface area contributed by atoms with Gasteiger partial charge in [-0.3, -0.25) is 4.98 Å². The molecule has 1 aromatic heterocycles. The van der Waals surface area contributed by atoms with Crippen molar-refractivity contribution in [3.63, 3.8) is 0 Å². The van der Waals surface area contributed by atoms with E-state index in [1.807, 2.05) is 24.3 Å². The zero-order chi connectivity index (χ0) is 12.9. The second-order valence-corrected chi connectivity index (χ2v) is 4.69. The van der Waals surface area contributed by atoms with Crippen LogP contribution in [0.2, 0.25) is 0 Å². The summed E-state index contributed by atoms with van der Waals surface area (Å²) in [6.45, 7) is 3.62. The molecule has 94 valence electrons. The molecule has 0 spiro atoms. The number of pyridine rings is 1. The molecule has 0 amide bonds. The Morgan fingerprint density at radius 2 is 1.69 bits per heavy atom. The normalized spacial score (nSPS) is 15.1. The van der Waals surface area contributed by atoms with Gasteiger partial charge in [-0.05, 0) is 12.1 Å². The quantitative estimate of drug-likeness (QED) is 0.401. The maximum Gasteiger partial charge on any atom is 1.00 e. The first-order chi connectivity index (χ1) is 6.88. The summed E-state index contributed by atoms with van der Waals surface area (Å²) in [4.78, 5) is 4.10. The Morgan fingerprint density at radius 1 is 1.19 bits per heavy atom. The molecule has 8 heteroatoms. The van der Waals surface area contributed by atoms with Crippen molar-refractivity contribution in [1.82, 2.24) is 4.98 Å². The van der Waals surface area contributed by atoms with Gasteiger partial charge < -0.3 is 0 Å². The van der Waals surface area contributed by atoms with Gasteiger partial charge in [-0.2, -0.15) is 0 Å². The number of rotatable bonds is 2. The van der Waals surface area contributed by atoms with Crippen LogP contribution in [-0.2, 0) is 6.42 Å². The summed E-state index contributed by atoms with van der Waals surface area (Å²) < 4.78 is 59.2. The number of nitrogens with zero attached hydrogens (tertiary/aromatic N) is 1. The third kappa shape index (κ3) is 18.6. The van der Waals surface area contributed by atoms with Crippen LogP contribution in [0, 0.1) is 0 Å². The van der Waals surface area contributed by atoms with Crippen molar-refractivity contribution in [2.24, 2.45) is 0 Å². The number of halogens is 6. The van der Waals surface area contributed by atoms with E-state index in [0.717, 1.165) is 12.1 Å². The third-order valence-electron chi connectivity index (χ3n) is 1.08. The Balaban J connectivity index is 0. The fourth-order valence-corrected chi connectivity index (χ4v) is 0.667. The van der Waals surface area contributed by atoms with E-state index in [4.69, 9.17) is 0 Å². The summed E-state index contributed by atoms with van der Waals surface area (Å²) in [5.74, 6) is 0. The van der Waals surface area contributed by atoms with Crippen LogP contribution < -0.4 is 0 Å². The molecule has 0 N–H and O–H groups in total. The zero-order valence-corrected chi connectivity index (χ0v) is 8.86. The van der Waals surface area contributed by atoms with Crippen LogP contribution in [0.3, 0.4) is 0 Å². The van der Waals surface area contributed by atoms with Crippen molar-refractivity contribution in [3.05, 3.63) is 42.7 Å². The van der Waals surface area contributed by atoms with Crippen molar-refractivity contribution in [3.8, 4) is 0 Å². The second-order valence-electron chi connectivity index (χ2n) is 2.77. The van der Waals surface area contributed by atoms with E-state index < -0.39 is 7.81 Å². The van der Waals surface area contributed by atoms with Crippen LogP contribution >= 0.6 is 7.81 Å². The van der Waals surface area contributed by atoms with Gasteiger partial charge in [-0.25, -0.2) is 0 Å². The number of hydrogen-bond acceptors (Lipinski definition) is 1. The van der Waals surface area contributed by atoms with Crippen LogP contribution in [0.25, 0.3) is 0 Å². The smallest absolute Gasteiger partial charge is 1.00 e. The van der Waals surface area contributed by atoms with Crippen molar-refractivity contribution in [2.45, 2.75) is 6.42 Å². The first kappa shape index (κ1) is 14.9. The summed E-state index contributed by atoms with van der Waals surface area (Å²) in [7, 11) is -10.7. The van der Waals surface area contributed by atoms with E-state index in [9.17, 15) is 25.2 Å². The molecule has 0 saturated carbocycles. The summed E-state index contributed by atoms with van der Waals surface area (Å²) >= 11 is 0. The zero-order valence-electron chi connectivity index (χ0n) is 8.96. The van der Waals surface area contributed by atoms with Crippen LogP contribution in [0.1, 0.15) is 7.12 Å². The summed E-state index contributed by atoms with van der Waals surface area (Å²) in [5.41, 5.74) is 1.08. The molecule has 1 heterocycles. The molecular formula is C8H10F6NP. The molecule has 1 nitrogen and oxygen atoms in total. The van der Waals surface area contributed by atoms with E-state index >= 15 is 0 Å². The molecule has 0 bridgehead atoms. The van der Waals surface area contributed by atoms with Gasteiger partial charge in [0.15, 0.2) is 0 Å². The van der Waals surface area contributed by atoms with Crippen molar-refractivity contribution >= 4 is 7.81 Å². The van der Waals surface area contributed by atoms with E-state index in [1.54, 1.807) is 6.20 Å². The van der Waals surface area contributed by atoms with Crippen LogP contribution in [-0.4, -0.2) is 4.98 Å². The molecule has 0 aromatic carbocycles. The SMILES string of the molecule is C=CCc1ccccn1.F[P-](F)(F)(F)(F)F.[H+]. The molecule has 0 radical (unpaired) electrons. The van der Waals surface area contributed by atoms with Gasteiger partial charge in [-0.1, -0.05) is 12.1 Å². The monoisotopic (exact) mass is 265 g/mol. The minimum atomic E-state index is -10.7. The van der Waals surface area contributed by atoms with Gasteiger partial charge in [0.25, 0.3) is 0 Å². The number of allylic oxidation sites excluding steroid dienone is 1. The average molecular weight is 265 g/mol. The van der Waals surface area contributed by atoms with Gasteiger partial charge >= 0.3 is 34.4 Å². The molecule has 1 aromatic rings. The molecular weight excluding hydrogens is 255 g/mol. The van der Waals surface area contributed by atoms with E-state index in [0.29, 0.717) is 0 Å². The molecule has 0 aliphatic heterocycles. The first-order valence-electron chi connectivity index (χ1n) is 3.95. The molecule has 16 heavy (non-hydrogen) atoms. The fraction of sp³-hybridized carbons (Fsp3) is 0.125. The van der Waals surface area contributed by atoms with E-state index in [2.05, 4.69) is 11.6 Å². The standard InChI is InChI=1S/C8H9N.F6P/c1-2-5-8-6-3-4-7-9-8;1-7(2,3,4,5)6/h2-4,6-7H,1,5H2;/q;-1/p+1. The van der Waals surface area contributed by atoms with Gasteiger partial charge in [0.2, 0.25) is 0 Å². The van der Waals surface area contributed by atoms with Crippen molar-refractivity contribution < 1.29 is 26.6 Å².